The van der Waals surface area contributed by atoms with Crippen molar-refractivity contribution in [3.8, 4) is 0 Å². The quantitative estimate of drug-likeness (QED) is 0.286. The first-order chi connectivity index (χ1) is 19.7. The summed E-state index contributed by atoms with van der Waals surface area (Å²) in [5.74, 6) is -0.358. The van der Waals surface area contributed by atoms with Gasteiger partial charge in [0.1, 0.15) is 5.82 Å². The van der Waals surface area contributed by atoms with Crippen molar-refractivity contribution in [1.29, 1.82) is 0 Å². The minimum absolute atomic E-state index is 0.00156. The van der Waals surface area contributed by atoms with Crippen LogP contribution in [0.15, 0.2) is 78.0 Å². The Morgan fingerprint density at radius 2 is 1.52 bits per heavy atom. The van der Waals surface area contributed by atoms with Gasteiger partial charge in [-0.1, -0.05) is 31.2 Å². The number of pyridine rings is 1. The standard InChI is InChI=1S/C18H19FN2O2S.C11H9F7/c19-14-1-4-16(5-2-14)24(23)17-6-3-15(12-17)21-18(22)11-13-7-9-20-10-8-13;1-2-7-4-3-5-8(6-7)9(12,10(13,14)15)11(16,17)18/h1-2,4-5,7-10,15,17H,3,6,11-12H2,(H,21,22);3-6H,2H2,1H3. The number of aromatic nitrogens is 1. The van der Waals surface area contributed by atoms with Crippen molar-refractivity contribution in [1.82, 2.24) is 10.3 Å². The van der Waals surface area contributed by atoms with Gasteiger partial charge in [-0.05, 0) is 73.2 Å². The lowest BCUT2D eigenvalue weighted by molar-refractivity contribution is -0.348. The predicted molar refractivity (Wildman–Crippen MR) is 141 cm³/mol. The molecule has 0 saturated heterocycles. The van der Waals surface area contributed by atoms with E-state index in [0.29, 0.717) is 29.9 Å². The largest absolute Gasteiger partial charge is 0.435 e. The third kappa shape index (κ3) is 8.14. The molecule has 3 unspecified atom stereocenters. The molecule has 3 atom stereocenters. The smallest absolute Gasteiger partial charge is 0.353 e. The fraction of sp³-hybridized carbons (Fsp3) is 0.379. The van der Waals surface area contributed by atoms with E-state index in [0.717, 1.165) is 24.5 Å². The second-order valence-electron chi connectivity index (χ2n) is 9.69. The van der Waals surface area contributed by atoms with Crippen molar-refractivity contribution in [2.75, 3.05) is 0 Å². The second kappa shape index (κ2) is 13.7. The Morgan fingerprint density at radius 1 is 0.905 bits per heavy atom. The summed E-state index contributed by atoms with van der Waals surface area (Å²) in [4.78, 5) is 16.7. The summed E-state index contributed by atoms with van der Waals surface area (Å²) in [7, 11) is -1.17. The summed E-state index contributed by atoms with van der Waals surface area (Å²) < 4.78 is 114. The molecule has 3 aromatic rings. The molecule has 1 heterocycles. The van der Waals surface area contributed by atoms with Crippen LogP contribution in [0.25, 0.3) is 0 Å². The molecule has 0 aliphatic heterocycles. The lowest BCUT2D eigenvalue weighted by Gasteiger charge is -2.30. The Kier molecular flexibility index (Phi) is 10.9. The number of carbonyl (C=O) groups is 1. The fourth-order valence-electron chi connectivity index (χ4n) is 4.49. The molecule has 4 rings (SSSR count). The number of alkyl halides is 7. The first-order valence-electron chi connectivity index (χ1n) is 12.9. The minimum Gasteiger partial charge on any atom is -0.353 e. The monoisotopic (exact) mass is 620 g/mol. The highest BCUT2D eigenvalue weighted by atomic mass is 32.2. The van der Waals surface area contributed by atoms with Gasteiger partial charge < -0.3 is 5.32 Å². The topological polar surface area (TPSA) is 59.1 Å². The first-order valence-corrected chi connectivity index (χ1v) is 14.1. The van der Waals surface area contributed by atoms with E-state index < -0.39 is 34.4 Å². The van der Waals surface area contributed by atoms with Crippen molar-refractivity contribution in [3.63, 3.8) is 0 Å². The molecular formula is C29H28F8N2O2S. The zero-order valence-electron chi connectivity index (χ0n) is 22.3. The van der Waals surface area contributed by atoms with Gasteiger partial charge in [0.05, 0.1) is 17.2 Å². The summed E-state index contributed by atoms with van der Waals surface area (Å²) in [5, 5.41) is 3.02. The molecule has 1 saturated carbocycles. The van der Waals surface area contributed by atoms with Gasteiger partial charge >= 0.3 is 18.0 Å². The number of benzene rings is 2. The molecule has 1 amide bonds. The summed E-state index contributed by atoms with van der Waals surface area (Å²) in [6.45, 7) is 1.54. The van der Waals surface area contributed by atoms with Crippen LogP contribution < -0.4 is 5.32 Å². The maximum Gasteiger partial charge on any atom is 0.435 e. The maximum atomic E-state index is 13.6. The predicted octanol–water partition coefficient (Wildman–Crippen LogP) is 7.15. The van der Waals surface area contributed by atoms with Crippen LogP contribution in [0.1, 0.15) is 42.9 Å². The molecule has 1 aliphatic rings. The average Bonchev–Trinajstić information content (AvgIpc) is 3.40. The lowest BCUT2D eigenvalue weighted by Crippen LogP contribution is -2.50. The number of rotatable bonds is 7. The van der Waals surface area contributed by atoms with Gasteiger partial charge in [-0.25, -0.2) is 8.78 Å². The van der Waals surface area contributed by atoms with Crippen LogP contribution in [0.2, 0.25) is 0 Å². The molecule has 1 aromatic heterocycles. The van der Waals surface area contributed by atoms with E-state index in [4.69, 9.17) is 0 Å². The zero-order valence-corrected chi connectivity index (χ0v) is 23.1. The number of hydrogen-bond donors (Lipinski definition) is 1. The number of nitrogens with zero attached hydrogens (tertiary/aromatic N) is 1. The number of amides is 1. The number of carbonyl (C=O) groups excluding carboxylic acids is 1. The van der Waals surface area contributed by atoms with Gasteiger partial charge in [0.2, 0.25) is 5.91 Å². The molecule has 2 aromatic carbocycles. The van der Waals surface area contributed by atoms with Crippen molar-refractivity contribution in [3.05, 3.63) is 95.6 Å². The van der Waals surface area contributed by atoms with Crippen LogP contribution in [0, 0.1) is 5.82 Å². The van der Waals surface area contributed by atoms with Crippen LogP contribution >= 0.6 is 0 Å². The van der Waals surface area contributed by atoms with Crippen molar-refractivity contribution in [2.45, 2.75) is 73.2 Å². The van der Waals surface area contributed by atoms with Crippen LogP contribution in [-0.2, 0) is 34.1 Å². The Morgan fingerprint density at radius 3 is 2.10 bits per heavy atom. The van der Waals surface area contributed by atoms with Gasteiger partial charge in [-0.15, -0.1) is 0 Å². The summed E-state index contributed by atoms with van der Waals surface area (Å²) in [5.41, 5.74) is -5.66. The lowest BCUT2D eigenvalue weighted by atomic mass is 9.92. The Balaban J connectivity index is 0.000000241. The fourth-order valence-corrected chi connectivity index (χ4v) is 6.03. The molecule has 228 valence electrons. The Hall–Kier alpha value is -3.35. The highest BCUT2D eigenvalue weighted by molar-refractivity contribution is 7.85. The van der Waals surface area contributed by atoms with Gasteiger partial charge in [0.15, 0.2) is 0 Å². The number of hydrogen-bond acceptors (Lipinski definition) is 3. The van der Waals surface area contributed by atoms with Crippen molar-refractivity contribution < 1.29 is 44.1 Å². The number of halogens is 8. The number of nitrogens with one attached hydrogen (secondary N) is 1. The average molecular weight is 621 g/mol. The van der Waals surface area contributed by atoms with E-state index in [1.54, 1.807) is 31.5 Å². The maximum absolute atomic E-state index is 13.6. The van der Waals surface area contributed by atoms with Crippen LogP contribution in [-0.4, -0.2) is 38.7 Å². The van der Waals surface area contributed by atoms with E-state index in [2.05, 4.69) is 10.3 Å². The third-order valence-corrected chi connectivity index (χ3v) is 8.50. The van der Waals surface area contributed by atoms with E-state index in [1.807, 2.05) is 12.1 Å². The Labute approximate surface area is 240 Å². The molecule has 42 heavy (non-hydrogen) atoms. The Bertz CT molecular complexity index is 1330. The van der Waals surface area contributed by atoms with Crippen LogP contribution in [0.5, 0.6) is 0 Å². The normalized spacial score (nSPS) is 18.1. The third-order valence-electron chi connectivity index (χ3n) is 6.73. The molecule has 0 bridgehead atoms. The van der Waals surface area contributed by atoms with Gasteiger partial charge in [0, 0.05) is 34.1 Å². The van der Waals surface area contributed by atoms with E-state index in [1.165, 1.54) is 18.2 Å². The second-order valence-corrected chi connectivity index (χ2v) is 11.4. The molecule has 1 aliphatic carbocycles. The summed E-state index contributed by atoms with van der Waals surface area (Å²) >= 11 is 0. The van der Waals surface area contributed by atoms with Gasteiger partial charge in [-0.3, -0.25) is 14.0 Å². The molecule has 13 heteroatoms. The SMILES string of the molecule is CCc1cccc(C(F)(C(F)(F)F)C(F)(F)F)c1.O=C(Cc1ccncc1)NC1CCC(S(=O)c2ccc(F)cc2)C1. The first kappa shape index (κ1) is 33.2. The highest BCUT2D eigenvalue weighted by Gasteiger charge is 2.73. The zero-order chi connectivity index (χ0) is 31.1. The van der Waals surface area contributed by atoms with E-state index >= 15 is 0 Å². The van der Waals surface area contributed by atoms with Gasteiger partial charge in [0.25, 0.3) is 0 Å². The van der Waals surface area contributed by atoms with E-state index in [-0.39, 0.29) is 35.0 Å². The molecular weight excluding hydrogens is 592 g/mol. The summed E-state index contributed by atoms with van der Waals surface area (Å²) in [6.07, 6.45) is -5.95. The molecule has 4 nitrogen and oxygen atoms in total. The molecule has 0 radical (unpaired) electrons. The van der Waals surface area contributed by atoms with Crippen LogP contribution in [0.4, 0.5) is 35.1 Å². The summed E-state index contributed by atoms with van der Waals surface area (Å²) in [6, 6.07) is 12.9. The number of aryl methyl sites for hydroxylation is 1. The van der Waals surface area contributed by atoms with Gasteiger partial charge in [-0.2, -0.15) is 26.3 Å². The van der Waals surface area contributed by atoms with Crippen molar-refractivity contribution in [2.24, 2.45) is 0 Å². The molecule has 1 N–H and O–H groups in total. The van der Waals surface area contributed by atoms with E-state index in [9.17, 15) is 44.1 Å². The molecule has 1 fully saturated rings. The highest BCUT2D eigenvalue weighted by Crippen LogP contribution is 2.53. The van der Waals surface area contributed by atoms with Crippen molar-refractivity contribution >= 4 is 16.7 Å². The minimum atomic E-state index is -6.06. The van der Waals surface area contributed by atoms with Crippen LogP contribution in [0.3, 0.4) is 0 Å². The molecule has 0 spiro atoms.